The highest BCUT2D eigenvalue weighted by atomic mass is 16.5. The summed E-state index contributed by atoms with van der Waals surface area (Å²) in [4.78, 5) is 16.1. The molecule has 5 nitrogen and oxygen atoms in total. The third-order valence-electron chi connectivity index (χ3n) is 2.39. The van der Waals surface area contributed by atoms with Gasteiger partial charge in [-0.05, 0) is 31.2 Å². The molecule has 0 aliphatic rings. The first-order chi connectivity index (χ1) is 9.31. The molecule has 0 saturated heterocycles. The van der Waals surface area contributed by atoms with Gasteiger partial charge in [0, 0.05) is 6.20 Å². The summed E-state index contributed by atoms with van der Waals surface area (Å²) in [6, 6.07) is 12.7. The summed E-state index contributed by atoms with van der Waals surface area (Å²) >= 11 is 0. The van der Waals surface area contributed by atoms with Crippen molar-refractivity contribution in [3.05, 3.63) is 54.2 Å². The van der Waals surface area contributed by atoms with Crippen molar-refractivity contribution in [1.82, 2.24) is 10.4 Å². The summed E-state index contributed by atoms with van der Waals surface area (Å²) in [5.74, 6) is 0.0396. The molecule has 1 aromatic heterocycles. The SMILES string of the molecule is CCOc1ncccc1C(=O)NNc1ccccc1. The van der Waals surface area contributed by atoms with Crippen molar-refractivity contribution in [2.45, 2.75) is 6.92 Å². The molecule has 0 spiro atoms. The fourth-order valence-electron chi connectivity index (χ4n) is 1.53. The zero-order valence-electron chi connectivity index (χ0n) is 10.6. The monoisotopic (exact) mass is 257 g/mol. The topological polar surface area (TPSA) is 63.2 Å². The van der Waals surface area contributed by atoms with Gasteiger partial charge in [0.25, 0.3) is 5.91 Å². The van der Waals surface area contributed by atoms with E-state index in [4.69, 9.17) is 4.74 Å². The molecule has 0 bridgehead atoms. The van der Waals surface area contributed by atoms with E-state index in [1.54, 1.807) is 18.3 Å². The van der Waals surface area contributed by atoms with Crippen molar-refractivity contribution < 1.29 is 9.53 Å². The molecule has 98 valence electrons. The van der Waals surface area contributed by atoms with Crippen molar-refractivity contribution in [3.63, 3.8) is 0 Å². The number of hydrogen-bond donors (Lipinski definition) is 2. The minimum atomic E-state index is -0.291. The highest BCUT2D eigenvalue weighted by molar-refractivity contribution is 5.96. The maximum Gasteiger partial charge on any atom is 0.275 e. The van der Waals surface area contributed by atoms with Crippen LogP contribution in [0.5, 0.6) is 5.88 Å². The number of benzene rings is 1. The van der Waals surface area contributed by atoms with Crippen molar-refractivity contribution in [1.29, 1.82) is 0 Å². The van der Waals surface area contributed by atoms with Gasteiger partial charge in [-0.1, -0.05) is 18.2 Å². The van der Waals surface area contributed by atoms with Crippen LogP contribution >= 0.6 is 0 Å². The normalized spacial score (nSPS) is 9.74. The van der Waals surface area contributed by atoms with Gasteiger partial charge in [-0.15, -0.1) is 0 Å². The Labute approximate surface area is 111 Å². The standard InChI is InChI=1S/C14H15N3O2/c1-2-19-14-12(9-6-10-15-14)13(18)17-16-11-7-4-3-5-8-11/h3-10,16H,2H2,1H3,(H,17,18). The molecule has 0 fully saturated rings. The average Bonchev–Trinajstić information content (AvgIpc) is 2.47. The van der Waals surface area contributed by atoms with E-state index in [1.807, 2.05) is 37.3 Å². The molecule has 0 atom stereocenters. The molecule has 1 aromatic carbocycles. The molecule has 0 saturated carbocycles. The van der Waals surface area contributed by atoms with E-state index in [1.165, 1.54) is 0 Å². The Morgan fingerprint density at radius 3 is 2.74 bits per heavy atom. The number of pyridine rings is 1. The van der Waals surface area contributed by atoms with Crippen molar-refractivity contribution in [2.75, 3.05) is 12.0 Å². The Hall–Kier alpha value is -2.56. The quantitative estimate of drug-likeness (QED) is 0.806. The summed E-state index contributed by atoms with van der Waals surface area (Å²) in [5.41, 5.74) is 6.63. The Morgan fingerprint density at radius 2 is 2.00 bits per heavy atom. The number of aromatic nitrogens is 1. The van der Waals surface area contributed by atoms with Crippen molar-refractivity contribution in [2.24, 2.45) is 0 Å². The molecule has 2 aromatic rings. The molecule has 0 aliphatic heterocycles. The van der Waals surface area contributed by atoms with Gasteiger partial charge in [-0.2, -0.15) is 0 Å². The molecule has 1 amide bonds. The highest BCUT2D eigenvalue weighted by Gasteiger charge is 2.12. The molecular weight excluding hydrogens is 242 g/mol. The Balaban J connectivity index is 2.04. The number of carbonyl (C=O) groups is 1. The number of hydrogen-bond acceptors (Lipinski definition) is 4. The number of nitrogens with one attached hydrogen (secondary N) is 2. The van der Waals surface area contributed by atoms with Crippen LogP contribution in [0.25, 0.3) is 0 Å². The Bertz CT molecular complexity index is 543. The summed E-state index contributed by atoms with van der Waals surface area (Å²) < 4.78 is 5.31. The lowest BCUT2D eigenvalue weighted by Crippen LogP contribution is -2.29. The zero-order valence-corrected chi connectivity index (χ0v) is 10.6. The van der Waals surface area contributed by atoms with E-state index in [-0.39, 0.29) is 5.91 Å². The fourth-order valence-corrected chi connectivity index (χ4v) is 1.53. The molecule has 0 aliphatic carbocycles. The van der Waals surface area contributed by atoms with E-state index in [2.05, 4.69) is 15.8 Å². The van der Waals surface area contributed by atoms with E-state index in [0.717, 1.165) is 5.69 Å². The Kier molecular flexibility index (Phi) is 4.34. The van der Waals surface area contributed by atoms with Crippen LogP contribution in [0.3, 0.4) is 0 Å². The average molecular weight is 257 g/mol. The molecule has 2 N–H and O–H groups in total. The predicted octanol–water partition coefficient (Wildman–Crippen LogP) is 2.24. The van der Waals surface area contributed by atoms with Crippen LogP contribution in [-0.4, -0.2) is 17.5 Å². The smallest absolute Gasteiger partial charge is 0.275 e. The number of amides is 1. The number of carbonyl (C=O) groups excluding carboxylic acids is 1. The van der Waals surface area contributed by atoms with Gasteiger partial charge in [0.15, 0.2) is 0 Å². The lowest BCUT2D eigenvalue weighted by molar-refractivity contribution is 0.0958. The van der Waals surface area contributed by atoms with Crippen LogP contribution in [-0.2, 0) is 0 Å². The van der Waals surface area contributed by atoms with Crippen LogP contribution in [0.15, 0.2) is 48.7 Å². The van der Waals surface area contributed by atoms with Crippen LogP contribution in [0.4, 0.5) is 5.69 Å². The number of ether oxygens (including phenoxy) is 1. The van der Waals surface area contributed by atoms with Gasteiger partial charge in [0.1, 0.15) is 5.56 Å². The minimum Gasteiger partial charge on any atom is -0.477 e. The van der Waals surface area contributed by atoms with Crippen molar-refractivity contribution in [3.8, 4) is 5.88 Å². The number of hydrazine groups is 1. The number of rotatable bonds is 5. The second-order valence-corrected chi connectivity index (χ2v) is 3.73. The van der Waals surface area contributed by atoms with Gasteiger partial charge >= 0.3 is 0 Å². The number of anilines is 1. The van der Waals surface area contributed by atoms with Gasteiger partial charge < -0.3 is 4.74 Å². The van der Waals surface area contributed by atoms with Crippen LogP contribution in [0, 0.1) is 0 Å². The third-order valence-corrected chi connectivity index (χ3v) is 2.39. The summed E-state index contributed by atoms with van der Waals surface area (Å²) in [5, 5.41) is 0. The van der Waals surface area contributed by atoms with E-state index in [0.29, 0.717) is 18.1 Å². The van der Waals surface area contributed by atoms with Crippen LogP contribution < -0.4 is 15.6 Å². The lowest BCUT2D eigenvalue weighted by Gasteiger charge is -2.10. The summed E-state index contributed by atoms with van der Waals surface area (Å²) in [7, 11) is 0. The maximum absolute atomic E-state index is 12.0. The third kappa shape index (κ3) is 3.45. The van der Waals surface area contributed by atoms with Gasteiger partial charge in [0.2, 0.25) is 5.88 Å². The number of para-hydroxylation sites is 1. The van der Waals surface area contributed by atoms with E-state index >= 15 is 0 Å². The largest absolute Gasteiger partial charge is 0.477 e. The zero-order chi connectivity index (χ0) is 13.5. The Morgan fingerprint density at radius 1 is 1.21 bits per heavy atom. The highest BCUT2D eigenvalue weighted by Crippen LogP contribution is 2.14. The summed E-state index contributed by atoms with van der Waals surface area (Å²) in [6.45, 7) is 2.31. The minimum absolute atomic E-state index is 0.291. The summed E-state index contributed by atoms with van der Waals surface area (Å²) in [6.07, 6.45) is 1.59. The molecule has 1 heterocycles. The predicted molar refractivity (Wildman–Crippen MR) is 72.9 cm³/mol. The van der Waals surface area contributed by atoms with Crippen molar-refractivity contribution >= 4 is 11.6 Å². The first-order valence-corrected chi connectivity index (χ1v) is 6.00. The van der Waals surface area contributed by atoms with Gasteiger partial charge in [-0.3, -0.25) is 15.6 Å². The molecule has 5 heteroatoms. The van der Waals surface area contributed by atoms with Gasteiger partial charge in [0.05, 0.1) is 12.3 Å². The second-order valence-electron chi connectivity index (χ2n) is 3.73. The maximum atomic E-state index is 12.0. The molecule has 0 radical (unpaired) electrons. The number of nitrogens with zero attached hydrogens (tertiary/aromatic N) is 1. The fraction of sp³-hybridized carbons (Fsp3) is 0.143. The first-order valence-electron chi connectivity index (χ1n) is 6.00. The molecule has 19 heavy (non-hydrogen) atoms. The molecule has 0 unspecified atom stereocenters. The lowest BCUT2D eigenvalue weighted by atomic mass is 10.2. The van der Waals surface area contributed by atoms with Gasteiger partial charge in [-0.25, -0.2) is 4.98 Å². The molecular formula is C14H15N3O2. The van der Waals surface area contributed by atoms with Crippen LogP contribution in [0.2, 0.25) is 0 Å². The van der Waals surface area contributed by atoms with E-state index in [9.17, 15) is 4.79 Å². The molecule has 2 rings (SSSR count). The van der Waals surface area contributed by atoms with Crippen LogP contribution in [0.1, 0.15) is 17.3 Å². The first kappa shape index (κ1) is 12.9. The van der Waals surface area contributed by atoms with E-state index < -0.39 is 0 Å². The second kappa shape index (κ2) is 6.39.